The lowest BCUT2D eigenvalue weighted by atomic mass is 10.0. The molecule has 0 radical (unpaired) electrons. The summed E-state index contributed by atoms with van der Waals surface area (Å²) in [5.41, 5.74) is 3.24. The van der Waals surface area contributed by atoms with Crippen molar-refractivity contribution in [1.82, 2.24) is 4.57 Å². The van der Waals surface area contributed by atoms with Crippen molar-refractivity contribution in [1.29, 1.82) is 0 Å². The predicted molar refractivity (Wildman–Crippen MR) is 99.8 cm³/mol. The zero-order chi connectivity index (χ0) is 18.8. The first-order valence-corrected chi connectivity index (χ1v) is 8.58. The number of benzene rings is 2. The fourth-order valence-electron chi connectivity index (χ4n) is 3.11. The first kappa shape index (κ1) is 17.1. The summed E-state index contributed by atoms with van der Waals surface area (Å²) in [5.74, 6) is 1.83. The Balaban J connectivity index is 1.76. The van der Waals surface area contributed by atoms with Gasteiger partial charge in [-0.2, -0.15) is 0 Å². The van der Waals surface area contributed by atoms with Crippen LogP contribution >= 0.6 is 0 Å². The minimum atomic E-state index is -0.891. The van der Waals surface area contributed by atoms with Gasteiger partial charge in [0.25, 0.3) is 5.56 Å². The number of aromatic nitrogens is 1. The molecule has 0 fully saturated rings. The van der Waals surface area contributed by atoms with E-state index in [1.807, 2.05) is 25.1 Å². The smallest absolute Gasteiger partial charge is 0.255 e. The van der Waals surface area contributed by atoms with Gasteiger partial charge in [-0.1, -0.05) is 6.07 Å². The van der Waals surface area contributed by atoms with Crippen LogP contribution in [0.4, 0.5) is 4.39 Å². The SMILES string of the molecule is Cc1cc(=O)n(-c2ccc(OCF)cc2)cc1-c1ccc2c(c1)OCCO2. The number of hydrogen-bond donors (Lipinski definition) is 0. The minimum Gasteiger partial charge on any atom is -0.486 e. The lowest BCUT2D eigenvalue weighted by molar-refractivity contribution is 0.171. The van der Waals surface area contributed by atoms with Gasteiger partial charge in [-0.25, -0.2) is 4.39 Å². The van der Waals surface area contributed by atoms with E-state index < -0.39 is 6.86 Å². The van der Waals surface area contributed by atoms with E-state index >= 15 is 0 Å². The molecule has 138 valence electrons. The highest BCUT2D eigenvalue weighted by atomic mass is 19.1. The zero-order valence-corrected chi connectivity index (χ0v) is 14.8. The van der Waals surface area contributed by atoms with Gasteiger partial charge < -0.3 is 14.2 Å². The molecule has 4 rings (SSSR count). The van der Waals surface area contributed by atoms with E-state index in [0.29, 0.717) is 30.4 Å². The van der Waals surface area contributed by atoms with Crippen LogP contribution in [0.15, 0.2) is 59.5 Å². The van der Waals surface area contributed by atoms with Gasteiger partial charge in [-0.05, 0) is 54.4 Å². The van der Waals surface area contributed by atoms with Crippen LogP contribution in [-0.2, 0) is 0 Å². The van der Waals surface area contributed by atoms with Crippen molar-refractivity contribution in [2.75, 3.05) is 20.1 Å². The van der Waals surface area contributed by atoms with Crippen LogP contribution in [0.25, 0.3) is 16.8 Å². The number of hydrogen-bond acceptors (Lipinski definition) is 4. The molecule has 0 atom stereocenters. The molecule has 0 unspecified atom stereocenters. The van der Waals surface area contributed by atoms with E-state index in [1.54, 1.807) is 41.1 Å². The van der Waals surface area contributed by atoms with Crippen LogP contribution in [0.2, 0.25) is 0 Å². The normalized spacial score (nSPS) is 12.7. The summed E-state index contributed by atoms with van der Waals surface area (Å²) in [6, 6.07) is 14.0. The molecule has 1 aliphatic rings. The summed E-state index contributed by atoms with van der Waals surface area (Å²) < 4.78 is 29.9. The molecule has 0 aliphatic carbocycles. The summed E-state index contributed by atoms with van der Waals surface area (Å²) in [4.78, 5) is 12.5. The Morgan fingerprint density at radius 3 is 2.52 bits per heavy atom. The van der Waals surface area contributed by atoms with Crippen molar-refractivity contribution in [3.63, 3.8) is 0 Å². The van der Waals surface area contributed by atoms with Crippen LogP contribution in [0.3, 0.4) is 0 Å². The van der Waals surface area contributed by atoms with Gasteiger partial charge in [0.15, 0.2) is 11.5 Å². The fourth-order valence-corrected chi connectivity index (χ4v) is 3.11. The third-order valence-electron chi connectivity index (χ3n) is 4.45. The van der Waals surface area contributed by atoms with Gasteiger partial charge in [0.1, 0.15) is 19.0 Å². The van der Waals surface area contributed by atoms with Gasteiger partial charge >= 0.3 is 0 Å². The fraction of sp³-hybridized carbons (Fsp3) is 0.190. The zero-order valence-electron chi connectivity index (χ0n) is 14.8. The van der Waals surface area contributed by atoms with Crippen LogP contribution in [0.5, 0.6) is 17.2 Å². The Bertz CT molecular complexity index is 1030. The molecule has 27 heavy (non-hydrogen) atoms. The molecule has 0 N–H and O–H groups in total. The minimum absolute atomic E-state index is 0.145. The molecule has 2 heterocycles. The summed E-state index contributed by atoms with van der Waals surface area (Å²) in [6.45, 7) is 2.06. The molecule has 0 saturated heterocycles. The Morgan fingerprint density at radius 1 is 1.04 bits per heavy atom. The standard InChI is InChI=1S/C21H18FNO4/c1-14-10-21(24)23(16-3-5-17(6-4-16)27-13-22)12-18(14)15-2-7-19-20(11-15)26-9-8-25-19/h2-7,10-12H,8-9,13H2,1H3. The third-order valence-corrected chi connectivity index (χ3v) is 4.45. The summed E-state index contributed by atoms with van der Waals surface area (Å²) >= 11 is 0. The lowest BCUT2D eigenvalue weighted by Crippen LogP contribution is -2.18. The second-order valence-electron chi connectivity index (χ2n) is 6.18. The molecule has 0 bridgehead atoms. The number of rotatable bonds is 4. The molecule has 0 amide bonds. The largest absolute Gasteiger partial charge is 0.486 e. The number of halogens is 1. The van der Waals surface area contributed by atoms with E-state index in [9.17, 15) is 9.18 Å². The van der Waals surface area contributed by atoms with Crippen molar-refractivity contribution < 1.29 is 18.6 Å². The molecule has 3 aromatic rings. The number of fused-ring (bicyclic) bond motifs is 1. The van der Waals surface area contributed by atoms with E-state index in [1.165, 1.54) is 0 Å². The second kappa shape index (κ2) is 7.15. The monoisotopic (exact) mass is 367 g/mol. The Hall–Kier alpha value is -3.28. The molecular formula is C21H18FNO4. The molecule has 6 heteroatoms. The van der Waals surface area contributed by atoms with E-state index in [-0.39, 0.29) is 5.56 Å². The van der Waals surface area contributed by atoms with Crippen molar-refractivity contribution in [2.45, 2.75) is 6.92 Å². The predicted octanol–water partition coefficient (Wildman–Crippen LogP) is 3.89. The van der Waals surface area contributed by atoms with Gasteiger partial charge in [-0.3, -0.25) is 9.36 Å². The average Bonchev–Trinajstić information content (AvgIpc) is 2.69. The maximum Gasteiger partial charge on any atom is 0.255 e. The molecule has 5 nitrogen and oxygen atoms in total. The van der Waals surface area contributed by atoms with Crippen molar-refractivity contribution in [3.8, 4) is 34.1 Å². The maximum atomic E-state index is 12.5. The molecule has 2 aromatic carbocycles. The number of aryl methyl sites for hydroxylation is 1. The van der Waals surface area contributed by atoms with Crippen LogP contribution in [-0.4, -0.2) is 24.6 Å². The van der Waals surface area contributed by atoms with Crippen molar-refractivity contribution in [3.05, 3.63) is 70.6 Å². The maximum absolute atomic E-state index is 12.5. The summed E-state index contributed by atoms with van der Waals surface area (Å²) in [6.07, 6.45) is 1.80. The van der Waals surface area contributed by atoms with Crippen molar-refractivity contribution in [2.24, 2.45) is 0 Å². The quantitative estimate of drug-likeness (QED) is 0.702. The number of pyridine rings is 1. The highest BCUT2D eigenvalue weighted by molar-refractivity contribution is 5.70. The van der Waals surface area contributed by atoms with Crippen LogP contribution in [0.1, 0.15) is 5.56 Å². The Kier molecular flexibility index (Phi) is 4.54. The van der Waals surface area contributed by atoms with Gasteiger partial charge in [0, 0.05) is 23.5 Å². The van der Waals surface area contributed by atoms with E-state index in [4.69, 9.17) is 14.2 Å². The third kappa shape index (κ3) is 3.38. The van der Waals surface area contributed by atoms with Crippen LogP contribution < -0.4 is 19.8 Å². The first-order valence-electron chi connectivity index (χ1n) is 8.58. The van der Waals surface area contributed by atoms with E-state index in [0.717, 1.165) is 22.4 Å². The second-order valence-corrected chi connectivity index (χ2v) is 6.18. The Labute approximate surface area is 155 Å². The van der Waals surface area contributed by atoms with Gasteiger partial charge in [0.05, 0.1) is 0 Å². The van der Waals surface area contributed by atoms with Gasteiger partial charge in [-0.15, -0.1) is 0 Å². The highest BCUT2D eigenvalue weighted by Crippen LogP contribution is 2.35. The summed E-state index contributed by atoms with van der Waals surface area (Å²) in [7, 11) is 0. The molecular weight excluding hydrogens is 349 g/mol. The van der Waals surface area contributed by atoms with Gasteiger partial charge in [0.2, 0.25) is 6.86 Å². The number of ether oxygens (including phenoxy) is 3. The van der Waals surface area contributed by atoms with Crippen LogP contribution in [0, 0.1) is 6.92 Å². The molecule has 0 spiro atoms. The first-order chi connectivity index (χ1) is 13.2. The highest BCUT2D eigenvalue weighted by Gasteiger charge is 2.14. The van der Waals surface area contributed by atoms with E-state index in [2.05, 4.69) is 0 Å². The summed E-state index contributed by atoms with van der Waals surface area (Å²) in [5, 5.41) is 0. The average molecular weight is 367 g/mol. The molecule has 1 aliphatic heterocycles. The lowest BCUT2D eigenvalue weighted by Gasteiger charge is -2.19. The molecule has 1 aromatic heterocycles. The molecule has 0 saturated carbocycles. The Morgan fingerprint density at radius 2 is 1.78 bits per heavy atom. The topological polar surface area (TPSA) is 49.7 Å². The number of alkyl halides is 1. The van der Waals surface area contributed by atoms with Crippen molar-refractivity contribution >= 4 is 0 Å². The number of nitrogens with zero attached hydrogens (tertiary/aromatic N) is 1.